The number of amides is 1. The van der Waals surface area contributed by atoms with Crippen LogP contribution in [0, 0.1) is 0 Å². The Morgan fingerprint density at radius 2 is 1.57 bits per heavy atom. The minimum Gasteiger partial charge on any atom is -0.368 e. The van der Waals surface area contributed by atoms with Crippen molar-refractivity contribution in [3.63, 3.8) is 0 Å². The molecular formula is C23H25N3O3S. The molecule has 0 aliphatic carbocycles. The van der Waals surface area contributed by atoms with E-state index in [1.807, 2.05) is 30.3 Å². The Kier molecular flexibility index (Phi) is 6.01. The van der Waals surface area contributed by atoms with Gasteiger partial charge in [-0.3, -0.25) is 4.79 Å². The van der Waals surface area contributed by atoms with Crippen molar-refractivity contribution < 1.29 is 13.2 Å². The summed E-state index contributed by atoms with van der Waals surface area (Å²) in [7, 11) is -3.48. The second-order valence-corrected chi connectivity index (χ2v) is 9.45. The molecule has 0 aromatic heterocycles. The van der Waals surface area contributed by atoms with Crippen LogP contribution in [0.25, 0.3) is 10.8 Å². The molecule has 2 N–H and O–H groups in total. The maximum atomic E-state index is 12.5. The van der Waals surface area contributed by atoms with E-state index in [0.717, 1.165) is 42.6 Å². The van der Waals surface area contributed by atoms with Crippen molar-refractivity contribution in [3.8, 4) is 0 Å². The number of hydrogen-bond acceptors (Lipinski definition) is 5. The van der Waals surface area contributed by atoms with Gasteiger partial charge in [0.25, 0.3) is 0 Å². The van der Waals surface area contributed by atoms with Crippen molar-refractivity contribution in [1.29, 1.82) is 0 Å². The molecule has 1 heterocycles. The van der Waals surface area contributed by atoms with E-state index in [0.29, 0.717) is 5.69 Å². The highest BCUT2D eigenvalue weighted by Gasteiger charge is 2.18. The highest BCUT2D eigenvalue weighted by Crippen LogP contribution is 2.32. The van der Waals surface area contributed by atoms with Crippen molar-refractivity contribution in [2.45, 2.75) is 11.3 Å². The fourth-order valence-electron chi connectivity index (χ4n) is 3.76. The van der Waals surface area contributed by atoms with Gasteiger partial charge >= 0.3 is 0 Å². The van der Waals surface area contributed by atoms with E-state index >= 15 is 0 Å². The smallest absolute Gasteiger partial charge is 0.225 e. The lowest BCUT2D eigenvalue weighted by molar-refractivity contribution is -0.115. The number of carbonyl (C=O) groups is 1. The van der Waals surface area contributed by atoms with Crippen LogP contribution < -0.4 is 15.5 Å². The number of fused-ring (bicyclic) bond motifs is 1. The summed E-state index contributed by atoms with van der Waals surface area (Å²) in [5, 5.41) is 8.29. The predicted molar refractivity (Wildman–Crippen MR) is 121 cm³/mol. The first kappa shape index (κ1) is 20.4. The van der Waals surface area contributed by atoms with Gasteiger partial charge in [0.2, 0.25) is 5.91 Å². The molecule has 0 radical (unpaired) electrons. The van der Waals surface area contributed by atoms with E-state index in [9.17, 15) is 13.2 Å². The van der Waals surface area contributed by atoms with Crippen molar-refractivity contribution >= 4 is 37.9 Å². The van der Waals surface area contributed by atoms with Gasteiger partial charge in [0, 0.05) is 54.7 Å². The molecule has 156 valence electrons. The van der Waals surface area contributed by atoms with Crippen LogP contribution in [0.4, 0.5) is 11.4 Å². The molecule has 1 amide bonds. The summed E-state index contributed by atoms with van der Waals surface area (Å²) in [4.78, 5) is 15.1. The first-order valence-corrected chi connectivity index (χ1v) is 11.7. The van der Waals surface area contributed by atoms with E-state index in [1.54, 1.807) is 30.3 Å². The van der Waals surface area contributed by atoms with Crippen LogP contribution in [0.1, 0.15) is 6.42 Å². The second kappa shape index (κ2) is 8.85. The molecule has 1 saturated heterocycles. The molecule has 1 aliphatic heterocycles. The molecule has 6 nitrogen and oxygen atoms in total. The van der Waals surface area contributed by atoms with Crippen LogP contribution in [-0.2, 0) is 14.6 Å². The van der Waals surface area contributed by atoms with Crippen molar-refractivity contribution in [1.82, 2.24) is 5.32 Å². The third-order valence-electron chi connectivity index (χ3n) is 5.33. The second-order valence-electron chi connectivity index (χ2n) is 7.34. The maximum absolute atomic E-state index is 12.5. The Hall–Kier alpha value is -2.90. The van der Waals surface area contributed by atoms with Gasteiger partial charge in [-0.1, -0.05) is 42.5 Å². The largest absolute Gasteiger partial charge is 0.368 e. The topological polar surface area (TPSA) is 78.5 Å². The summed E-state index contributed by atoms with van der Waals surface area (Å²) in [6, 6.07) is 20.1. The zero-order chi connectivity index (χ0) is 21.0. The number of piperazine rings is 1. The van der Waals surface area contributed by atoms with Crippen LogP contribution in [0.3, 0.4) is 0 Å². The normalized spacial score (nSPS) is 14.6. The Balaban J connectivity index is 1.50. The van der Waals surface area contributed by atoms with Gasteiger partial charge in [0.1, 0.15) is 0 Å². The summed E-state index contributed by atoms with van der Waals surface area (Å²) >= 11 is 0. The predicted octanol–water partition coefficient (Wildman–Crippen LogP) is 3.05. The average Bonchev–Trinajstić information content (AvgIpc) is 2.79. The minimum absolute atomic E-state index is 0.0922. The van der Waals surface area contributed by atoms with E-state index < -0.39 is 9.84 Å². The molecule has 3 aromatic rings. The van der Waals surface area contributed by atoms with Gasteiger partial charge < -0.3 is 15.5 Å². The number of carbonyl (C=O) groups excluding carboxylic acids is 1. The van der Waals surface area contributed by atoms with Crippen molar-refractivity contribution in [2.24, 2.45) is 0 Å². The summed E-state index contributed by atoms with van der Waals surface area (Å²) in [6.07, 6.45) is -0.0922. The molecule has 1 aliphatic rings. The van der Waals surface area contributed by atoms with Gasteiger partial charge in [-0.05, 0) is 24.3 Å². The maximum Gasteiger partial charge on any atom is 0.225 e. The summed E-state index contributed by atoms with van der Waals surface area (Å²) < 4.78 is 24.9. The molecular weight excluding hydrogens is 398 g/mol. The zero-order valence-corrected chi connectivity index (χ0v) is 17.5. The molecule has 0 spiro atoms. The van der Waals surface area contributed by atoms with Crippen molar-refractivity contribution in [3.05, 3.63) is 66.7 Å². The summed E-state index contributed by atoms with van der Waals surface area (Å²) in [5.41, 5.74) is 1.85. The molecule has 30 heavy (non-hydrogen) atoms. The standard InChI is InChI=1S/C23H25N3O3S/c27-23(12-17-30(28,29)18-6-2-1-3-7-18)25-21-10-11-22(26-15-13-24-14-16-26)20-9-5-4-8-19(20)21/h1-11,24H,12-17H2,(H,25,27). The first-order valence-electron chi connectivity index (χ1n) is 10.1. The summed E-state index contributed by atoms with van der Waals surface area (Å²) in [5.74, 6) is -0.533. The SMILES string of the molecule is O=C(CCS(=O)(=O)c1ccccc1)Nc1ccc(N2CCNCC2)c2ccccc12. The Labute approximate surface area is 176 Å². The van der Waals surface area contributed by atoms with E-state index in [-0.39, 0.29) is 23.0 Å². The van der Waals surface area contributed by atoms with E-state index in [2.05, 4.69) is 21.6 Å². The lowest BCUT2D eigenvalue weighted by Crippen LogP contribution is -2.43. The number of hydrogen-bond donors (Lipinski definition) is 2. The Morgan fingerprint density at radius 3 is 2.30 bits per heavy atom. The third-order valence-corrected chi connectivity index (χ3v) is 7.06. The highest BCUT2D eigenvalue weighted by molar-refractivity contribution is 7.91. The molecule has 0 unspecified atom stereocenters. The minimum atomic E-state index is -3.48. The van der Waals surface area contributed by atoms with Gasteiger partial charge in [-0.15, -0.1) is 0 Å². The van der Waals surface area contributed by atoms with Crippen LogP contribution in [0.5, 0.6) is 0 Å². The zero-order valence-electron chi connectivity index (χ0n) is 16.7. The number of benzene rings is 3. The number of nitrogens with one attached hydrogen (secondary N) is 2. The van der Waals surface area contributed by atoms with Gasteiger partial charge in [0.15, 0.2) is 9.84 Å². The quantitative estimate of drug-likeness (QED) is 0.637. The van der Waals surface area contributed by atoms with E-state index in [1.165, 1.54) is 0 Å². The van der Waals surface area contributed by atoms with Gasteiger partial charge in [-0.25, -0.2) is 8.42 Å². The molecule has 0 bridgehead atoms. The number of rotatable bonds is 6. The Bertz CT molecular complexity index is 1140. The monoisotopic (exact) mass is 423 g/mol. The number of sulfone groups is 1. The van der Waals surface area contributed by atoms with Gasteiger partial charge in [-0.2, -0.15) is 0 Å². The molecule has 0 saturated carbocycles. The molecule has 7 heteroatoms. The van der Waals surface area contributed by atoms with Crippen LogP contribution in [-0.4, -0.2) is 46.3 Å². The van der Waals surface area contributed by atoms with Crippen LogP contribution >= 0.6 is 0 Å². The number of anilines is 2. The Morgan fingerprint density at radius 1 is 0.900 bits per heavy atom. The highest BCUT2D eigenvalue weighted by atomic mass is 32.2. The molecule has 4 rings (SSSR count). The fraction of sp³-hybridized carbons (Fsp3) is 0.261. The van der Waals surface area contributed by atoms with Crippen LogP contribution in [0.15, 0.2) is 71.6 Å². The van der Waals surface area contributed by atoms with Crippen LogP contribution in [0.2, 0.25) is 0 Å². The average molecular weight is 424 g/mol. The lowest BCUT2D eigenvalue weighted by Gasteiger charge is -2.30. The third kappa shape index (κ3) is 4.47. The molecule has 0 atom stereocenters. The summed E-state index contributed by atoms with van der Waals surface area (Å²) in [6.45, 7) is 3.77. The molecule has 1 fully saturated rings. The fourth-order valence-corrected chi connectivity index (χ4v) is 5.02. The van der Waals surface area contributed by atoms with Gasteiger partial charge in [0.05, 0.1) is 10.6 Å². The number of nitrogens with zero attached hydrogens (tertiary/aromatic N) is 1. The van der Waals surface area contributed by atoms with Crippen molar-refractivity contribution in [2.75, 3.05) is 42.1 Å². The molecule has 3 aromatic carbocycles. The van der Waals surface area contributed by atoms with E-state index in [4.69, 9.17) is 0 Å². The first-order chi connectivity index (χ1) is 14.5. The lowest BCUT2D eigenvalue weighted by atomic mass is 10.1.